The van der Waals surface area contributed by atoms with Crippen LogP contribution < -0.4 is 10.6 Å². The van der Waals surface area contributed by atoms with Crippen LogP contribution >= 0.6 is 0 Å². The van der Waals surface area contributed by atoms with Gasteiger partial charge in [0.2, 0.25) is 0 Å². The van der Waals surface area contributed by atoms with Gasteiger partial charge in [-0.3, -0.25) is 10.1 Å². The molecule has 2 saturated carbocycles. The third-order valence-corrected chi connectivity index (χ3v) is 5.87. The molecule has 0 bridgehead atoms. The van der Waals surface area contributed by atoms with Gasteiger partial charge in [0.1, 0.15) is 23.1 Å². The van der Waals surface area contributed by atoms with Gasteiger partial charge in [-0.05, 0) is 58.9 Å². The molecular formula is C24H31FN2O8. The molecule has 1 aromatic rings. The maximum atomic E-state index is 13.1. The number of esters is 2. The number of carbonyl (C=O) groups excluding carboxylic acids is 4. The van der Waals surface area contributed by atoms with Gasteiger partial charge in [-0.1, -0.05) is 0 Å². The van der Waals surface area contributed by atoms with Gasteiger partial charge in [-0.25, -0.2) is 18.8 Å². The third-order valence-electron chi connectivity index (χ3n) is 5.87. The van der Waals surface area contributed by atoms with E-state index in [1.54, 1.807) is 34.6 Å². The van der Waals surface area contributed by atoms with Crippen molar-refractivity contribution in [2.75, 3.05) is 18.5 Å². The van der Waals surface area contributed by atoms with Crippen LogP contribution in [0, 0.1) is 23.6 Å². The summed E-state index contributed by atoms with van der Waals surface area (Å²) in [7, 11) is 0. The molecule has 11 heteroatoms. The lowest BCUT2D eigenvalue weighted by molar-refractivity contribution is -0.154. The summed E-state index contributed by atoms with van der Waals surface area (Å²) in [6, 6.07) is 5.07. The van der Waals surface area contributed by atoms with Crippen molar-refractivity contribution < 1.29 is 42.5 Å². The molecule has 35 heavy (non-hydrogen) atoms. The van der Waals surface area contributed by atoms with E-state index < -0.39 is 64.9 Å². The number of halogens is 1. The lowest BCUT2D eigenvalue weighted by Crippen LogP contribution is -2.58. The smallest absolute Gasteiger partial charge is 0.411 e. The molecule has 192 valence electrons. The molecule has 2 aliphatic carbocycles. The molecule has 0 spiro atoms. The fraction of sp³-hybridized carbons (Fsp3) is 0.583. The second kappa shape index (κ2) is 10.1. The molecule has 10 nitrogen and oxygen atoms in total. The van der Waals surface area contributed by atoms with Crippen LogP contribution in [0.1, 0.15) is 41.0 Å². The Bertz CT molecular complexity index is 977. The van der Waals surface area contributed by atoms with Crippen molar-refractivity contribution in [2.24, 2.45) is 17.8 Å². The Morgan fingerprint density at radius 2 is 1.66 bits per heavy atom. The molecule has 1 aromatic carbocycles. The van der Waals surface area contributed by atoms with Crippen molar-refractivity contribution in [1.82, 2.24) is 5.32 Å². The van der Waals surface area contributed by atoms with E-state index in [0.717, 1.165) is 0 Å². The largest absolute Gasteiger partial charge is 0.466 e. The molecule has 0 aromatic heterocycles. The zero-order valence-electron chi connectivity index (χ0n) is 20.4. The first-order valence-corrected chi connectivity index (χ1v) is 11.5. The molecule has 0 aliphatic heterocycles. The maximum Gasteiger partial charge on any atom is 0.411 e. The van der Waals surface area contributed by atoms with Gasteiger partial charge in [0, 0.05) is 23.9 Å². The number of rotatable bonds is 7. The van der Waals surface area contributed by atoms with Crippen LogP contribution in [0.15, 0.2) is 24.3 Å². The minimum absolute atomic E-state index is 0.0363. The summed E-state index contributed by atoms with van der Waals surface area (Å²) in [6.07, 6.45) is -2.75. The second-order valence-corrected chi connectivity index (χ2v) is 9.48. The quantitative estimate of drug-likeness (QED) is 0.436. The van der Waals surface area contributed by atoms with E-state index in [-0.39, 0.29) is 19.6 Å². The first-order chi connectivity index (χ1) is 16.4. The summed E-state index contributed by atoms with van der Waals surface area (Å²) in [5, 5.41) is 5.10. The molecular weight excluding hydrogens is 463 g/mol. The summed E-state index contributed by atoms with van der Waals surface area (Å²) in [6.45, 7) is 8.44. The van der Waals surface area contributed by atoms with E-state index in [0.29, 0.717) is 5.69 Å². The van der Waals surface area contributed by atoms with Crippen LogP contribution in [0.3, 0.4) is 0 Å². The standard InChI is InChI=1S/C24H31FN2O8/c1-6-32-19(28)17-16-15(34-21(30)26-14-10-8-13(25)9-11-14)12-24(18(16)17,20(29)33-7-2)27-22(31)35-23(3,4)5/h8-11,15-18H,6-7,12H2,1-5H3,(H,26,30)(H,27,31). The van der Waals surface area contributed by atoms with Crippen LogP contribution in [0.4, 0.5) is 19.7 Å². The number of ether oxygens (including phenoxy) is 4. The van der Waals surface area contributed by atoms with Gasteiger partial charge in [-0.2, -0.15) is 0 Å². The van der Waals surface area contributed by atoms with Crippen molar-refractivity contribution in [2.45, 2.75) is 58.3 Å². The molecule has 2 N–H and O–H groups in total. The average molecular weight is 495 g/mol. The van der Waals surface area contributed by atoms with Gasteiger partial charge in [0.05, 0.1) is 19.1 Å². The van der Waals surface area contributed by atoms with E-state index in [4.69, 9.17) is 18.9 Å². The average Bonchev–Trinajstić information content (AvgIpc) is 3.42. The van der Waals surface area contributed by atoms with Crippen molar-refractivity contribution in [1.29, 1.82) is 0 Å². The van der Waals surface area contributed by atoms with E-state index in [1.165, 1.54) is 24.3 Å². The number of amides is 2. The Kier molecular flexibility index (Phi) is 7.56. The monoisotopic (exact) mass is 494 g/mol. The summed E-state index contributed by atoms with van der Waals surface area (Å²) in [5.41, 5.74) is -2.19. The van der Waals surface area contributed by atoms with E-state index >= 15 is 0 Å². The second-order valence-electron chi connectivity index (χ2n) is 9.48. The Labute approximate surface area is 202 Å². The number of carbonyl (C=O) groups is 4. The van der Waals surface area contributed by atoms with E-state index in [9.17, 15) is 23.6 Å². The predicted molar refractivity (Wildman–Crippen MR) is 121 cm³/mol. The molecule has 5 unspecified atom stereocenters. The minimum Gasteiger partial charge on any atom is -0.466 e. The fourth-order valence-corrected chi connectivity index (χ4v) is 4.65. The number of alkyl carbamates (subject to hydrolysis) is 1. The Balaban J connectivity index is 1.86. The number of anilines is 1. The van der Waals surface area contributed by atoms with Gasteiger partial charge in [-0.15, -0.1) is 0 Å². The van der Waals surface area contributed by atoms with Crippen LogP contribution in [-0.4, -0.2) is 54.6 Å². The Hall–Kier alpha value is -3.37. The van der Waals surface area contributed by atoms with Crippen LogP contribution in [0.25, 0.3) is 0 Å². The van der Waals surface area contributed by atoms with Gasteiger partial charge in [0.25, 0.3) is 0 Å². The maximum absolute atomic E-state index is 13.1. The number of hydrogen-bond acceptors (Lipinski definition) is 8. The Morgan fingerprint density at radius 1 is 1.03 bits per heavy atom. The molecule has 5 atom stereocenters. The molecule has 0 radical (unpaired) electrons. The minimum atomic E-state index is -1.65. The third kappa shape index (κ3) is 5.83. The first-order valence-electron chi connectivity index (χ1n) is 11.5. The summed E-state index contributed by atoms with van der Waals surface area (Å²) < 4.78 is 34.5. The van der Waals surface area contributed by atoms with Gasteiger partial charge in [0.15, 0.2) is 0 Å². The molecule has 2 amide bonds. The summed E-state index contributed by atoms with van der Waals surface area (Å²) >= 11 is 0. The normalized spacial score (nSPS) is 26.7. The molecule has 3 rings (SSSR count). The molecule has 0 heterocycles. The van der Waals surface area contributed by atoms with Crippen LogP contribution in [0.5, 0.6) is 0 Å². The zero-order chi connectivity index (χ0) is 26.0. The number of benzene rings is 1. The van der Waals surface area contributed by atoms with Crippen molar-refractivity contribution in [3.63, 3.8) is 0 Å². The highest BCUT2D eigenvalue weighted by atomic mass is 19.1. The first kappa shape index (κ1) is 26.2. The highest BCUT2D eigenvalue weighted by Gasteiger charge is 2.77. The van der Waals surface area contributed by atoms with Gasteiger partial charge < -0.3 is 24.3 Å². The lowest BCUT2D eigenvalue weighted by Gasteiger charge is -2.33. The number of nitrogens with one attached hydrogen (secondary N) is 2. The molecule has 2 fully saturated rings. The predicted octanol–water partition coefficient (Wildman–Crippen LogP) is 3.40. The van der Waals surface area contributed by atoms with Crippen LogP contribution in [-0.2, 0) is 28.5 Å². The van der Waals surface area contributed by atoms with Crippen molar-refractivity contribution in [3.8, 4) is 0 Å². The highest BCUT2D eigenvalue weighted by Crippen LogP contribution is 2.64. The summed E-state index contributed by atoms with van der Waals surface area (Å²) in [4.78, 5) is 51.0. The number of fused-ring (bicyclic) bond motifs is 1. The van der Waals surface area contributed by atoms with E-state index in [2.05, 4.69) is 10.6 Å². The molecule has 2 aliphatic rings. The zero-order valence-corrected chi connectivity index (χ0v) is 20.4. The van der Waals surface area contributed by atoms with Crippen molar-refractivity contribution in [3.05, 3.63) is 30.1 Å². The van der Waals surface area contributed by atoms with Gasteiger partial charge >= 0.3 is 24.1 Å². The number of hydrogen-bond donors (Lipinski definition) is 2. The topological polar surface area (TPSA) is 129 Å². The lowest BCUT2D eigenvalue weighted by atomic mass is 9.89. The summed E-state index contributed by atoms with van der Waals surface area (Å²) in [5.74, 6) is -3.85. The highest BCUT2D eigenvalue weighted by molar-refractivity contribution is 5.91. The molecule has 0 saturated heterocycles. The van der Waals surface area contributed by atoms with Crippen molar-refractivity contribution >= 4 is 29.8 Å². The SMILES string of the molecule is CCOC(=O)C1C2C(OC(=O)Nc3ccc(F)cc3)CC(NC(=O)OC(C)(C)C)(C(=O)OCC)C12. The van der Waals surface area contributed by atoms with E-state index in [1.807, 2.05) is 0 Å². The Morgan fingerprint density at radius 3 is 2.23 bits per heavy atom. The van der Waals surface area contributed by atoms with Crippen LogP contribution in [0.2, 0.25) is 0 Å². The fourth-order valence-electron chi connectivity index (χ4n) is 4.65.